The monoisotopic (exact) mass is 456 g/mol. The first-order valence-corrected chi connectivity index (χ1v) is 11.2. The number of nitrogens with zero attached hydrogens (tertiary/aromatic N) is 2. The van der Waals surface area contributed by atoms with Crippen LogP contribution in [0.2, 0.25) is 0 Å². The molecule has 1 aliphatic carbocycles. The van der Waals surface area contributed by atoms with Gasteiger partial charge in [0.2, 0.25) is 4.33 Å². The summed E-state index contributed by atoms with van der Waals surface area (Å²) < 4.78 is 4.02. The first-order valence-electron chi connectivity index (χ1n) is 9.63. The third-order valence-electron chi connectivity index (χ3n) is 5.54. The van der Waals surface area contributed by atoms with Crippen LogP contribution in [0.25, 0.3) is 16.3 Å². The summed E-state index contributed by atoms with van der Waals surface area (Å²) in [4.78, 5) is 20.5. The van der Waals surface area contributed by atoms with Gasteiger partial charge in [0.1, 0.15) is 5.01 Å². The zero-order valence-corrected chi connectivity index (χ0v) is 18.5. The molecule has 2 aliphatic rings. The van der Waals surface area contributed by atoms with E-state index < -0.39 is 16.3 Å². The number of aromatic nitrogens is 1. The number of esters is 1. The van der Waals surface area contributed by atoms with Crippen molar-refractivity contribution in [3.05, 3.63) is 76.8 Å². The normalized spacial score (nSPS) is 19.7. The van der Waals surface area contributed by atoms with Crippen molar-refractivity contribution in [1.82, 2.24) is 4.98 Å². The molecular formula is C23H18Cl2N2O2S. The van der Waals surface area contributed by atoms with Gasteiger partial charge in [-0.1, -0.05) is 71.7 Å². The van der Waals surface area contributed by atoms with Crippen molar-refractivity contribution in [2.24, 2.45) is 0 Å². The van der Waals surface area contributed by atoms with Crippen LogP contribution >= 0.6 is 34.5 Å². The van der Waals surface area contributed by atoms with Crippen molar-refractivity contribution in [2.75, 3.05) is 11.9 Å². The molecule has 30 heavy (non-hydrogen) atoms. The van der Waals surface area contributed by atoms with E-state index >= 15 is 0 Å². The van der Waals surface area contributed by atoms with E-state index in [9.17, 15) is 4.79 Å². The zero-order valence-electron chi connectivity index (χ0n) is 16.1. The minimum atomic E-state index is -1.70. The first-order chi connectivity index (χ1) is 14.5. The molecule has 0 amide bonds. The van der Waals surface area contributed by atoms with E-state index in [4.69, 9.17) is 32.9 Å². The lowest BCUT2D eigenvalue weighted by atomic mass is 9.88. The largest absolute Gasteiger partial charge is 0.423 e. The number of thiazole rings is 1. The highest BCUT2D eigenvalue weighted by molar-refractivity contribution is 7.16. The van der Waals surface area contributed by atoms with Gasteiger partial charge in [-0.3, -0.25) is 0 Å². The Morgan fingerprint density at radius 2 is 1.73 bits per heavy atom. The number of fused-ring (bicyclic) bond motifs is 2. The van der Waals surface area contributed by atoms with Crippen LogP contribution in [0.1, 0.15) is 17.0 Å². The van der Waals surface area contributed by atoms with Crippen molar-refractivity contribution in [3.63, 3.8) is 0 Å². The second-order valence-electron chi connectivity index (χ2n) is 7.38. The molecular weight excluding hydrogens is 439 g/mol. The highest BCUT2D eigenvalue weighted by Crippen LogP contribution is 2.49. The Kier molecular flexibility index (Phi) is 4.85. The van der Waals surface area contributed by atoms with Crippen molar-refractivity contribution < 1.29 is 9.53 Å². The van der Waals surface area contributed by atoms with E-state index in [1.54, 1.807) is 0 Å². The molecule has 0 bridgehead atoms. The van der Waals surface area contributed by atoms with Crippen molar-refractivity contribution in [1.29, 1.82) is 0 Å². The van der Waals surface area contributed by atoms with Gasteiger partial charge in [0.05, 0.1) is 16.6 Å². The Balaban J connectivity index is 1.63. The molecule has 3 aromatic rings. The zero-order chi connectivity index (χ0) is 20.9. The van der Waals surface area contributed by atoms with E-state index in [2.05, 4.69) is 0 Å². The summed E-state index contributed by atoms with van der Waals surface area (Å²) in [5.74, 6) is -0.0921. The molecule has 7 heteroatoms. The van der Waals surface area contributed by atoms with Crippen molar-refractivity contribution in [2.45, 2.75) is 23.2 Å². The maximum atomic E-state index is 12.8. The van der Waals surface area contributed by atoms with Gasteiger partial charge in [0.15, 0.2) is 5.76 Å². The average molecular weight is 457 g/mol. The molecule has 1 aromatic heterocycles. The van der Waals surface area contributed by atoms with Crippen LogP contribution in [-0.2, 0) is 16.0 Å². The summed E-state index contributed by atoms with van der Waals surface area (Å²) in [5, 5.41) is 0.909. The number of hydrogen-bond acceptors (Lipinski definition) is 5. The summed E-state index contributed by atoms with van der Waals surface area (Å²) in [6.07, 6.45) is 1.43. The Bertz CT molecular complexity index is 1140. The molecule has 5 rings (SSSR count). The molecule has 0 saturated heterocycles. The van der Waals surface area contributed by atoms with E-state index in [0.29, 0.717) is 12.2 Å². The molecule has 0 saturated carbocycles. The highest BCUT2D eigenvalue weighted by Gasteiger charge is 2.54. The molecule has 2 aromatic carbocycles. The van der Waals surface area contributed by atoms with Gasteiger partial charge in [-0.2, -0.15) is 0 Å². The molecule has 2 heterocycles. The van der Waals surface area contributed by atoms with E-state index in [-0.39, 0.29) is 0 Å². The van der Waals surface area contributed by atoms with Crippen LogP contribution in [0, 0.1) is 0 Å². The molecule has 4 nitrogen and oxygen atoms in total. The summed E-state index contributed by atoms with van der Waals surface area (Å²) in [6, 6.07) is 19.3. The van der Waals surface area contributed by atoms with Crippen LogP contribution < -0.4 is 4.90 Å². The number of aryl methyl sites for hydroxylation is 1. The van der Waals surface area contributed by atoms with Crippen LogP contribution in [-0.4, -0.2) is 28.4 Å². The van der Waals surface area contributed by atoms with Crippen molar-refractivity contribution in [3.8, 4) is 10.6 Å². The van der Waals surface area contributed by atoms with Crippen LogP contribution in [0.3, 0.4) is 0 Å². The molecule has 1 aliphatic heterocycles. The van der Waals surface area contributed by atoms with Gasteiger partial charge in [-0.05, 0) is 25.0 Å². The molecule has 0 N–H and O–H groups in total. The number of ether oxygens (including phenoxy) is 1. The number of halogens is 2. The first kappa shape index (κ1) is 19.6. The van der Waals surface area contributed by atoms with Crippen molar-refractivity contribution >= 4 is 52.0 Å². The molecule has 0 radical (unpaired) electrons. The van der Waals surface area contributed by atoms with Gasteiger partial charge < -0.3 is 9.64 Å². The van der Waals surface area contributed by atoms with Gasteiger partial charge in [0.25, 0.3) is 0 Å². The summed E-state index contributed by atoms with van der Waals surface area (Å²) in [7, 11) is 1.90. The number of para-hydroxylation sites is 1. The molecule has 1 atom stereocenters. The Labute approximate surface area is 188 Å². The molecule has 152 valence electrons. The lowest BCUT2D eigenvalue weighted by Crippen LogP contribution is -2.54. The van der Waals surface area contributed by atoms with E-state index in [1.807, 2.05) is 72.6 Å². The number of carbonyl (C=O) groups excluding carboxylic acids is 1. The lowest BCUT2D eigenvalue weighted by molar-refractivity contribution is -0.138. The second kappa shape index (κ2) is 7.41. The predicted molar refractivity (Wildman–Crippen MR) is 122 cm³/mol. The lowest BCUT2D eigenvalue weighted by Gasteiger charge is -2.42. The van der Waals surface area contributed by atoms with Crippen LogP contribution in [0.15, 0.2) is 66.2 Å². The number of carbonyl (C=O) groups is 1. The average Bonchev–Trinajstić information content (AvgIpc) is 3.20. The van der Waals surface area contributed by atoms with Gasteiger partial charge >= 0.3 is 5.97 Å². The summed E-state index contributed by atoms with van der Waals surface area (Å²) in [6.45, 7) is 0. The Morgan fingerprint density at radius 1 is 1.07 bits per heavy atom. The van der Waals surface area contributed by atoms with E-state index in [0.717, 1.165) is 38.8 Å². The SMILES string of the molecule is CN(c1ccccc1)C1C2=C(OC(=O)C1(Cl)Cl)c1sc(-c3ccccc3)nc1CC2. The third-order valence-corrected chi connectivity index (χ3v) is 7.41. The van der Waals surface area contributed by atoms with Gasteiger partial charge in [-0.15, -0.1) is 11.3 Å². The smallest absolute Gasteiger partial charge is 0.350 e. The maximum absolute atomic E-state index is 12.8. The number of anilines is 1. The molecule has 1 unspecified atom stereocenters. The fraction of sp³-hybridized carbons (Fsp3) is 0.217. The molecule has 0 spiro atoms. The fourth-order valence-corrected chi connectivity index (χ4v) is 5.84. The number of likely N-dealkylation sites (N-methyl/N-ethyl adjacent to an activating group) is 1. The fourth-order valence-electron chi connectivity index (χ4n) is 4.07. The number of hydrogen-bond donors (Lipinski definition) is 0. The minimum absolute atomic E-state index is 0.532. The van der Waals surface area contributed by atoms with Gasteiger partial charge in [-0.25, -0.2) is 9.78 Å². The number of benzene rings is 2. The van der Waals surface area contributed by atoms with Crippen LogP contribution in [0.5, 0.6) is 0 Å². The molecule has 0 fully saturated rings. The summed E-state index contributed by atoms with van der Waals surface area (Å²) in [5.41, 5.74) is 3.85. The Hall–Kier alpha value is -2.34. The van der Waals surface area contributed by atoms with E-state index in [1.165, 1.54) is 11.3 Å². The second-order valence-corrected chi connectivity index (χ2v) is 9.76. The Morgan fingerprint density at radius 3 is 2.43 bits per heavy atom. The number of rotatable bonds is 3. The standard InChI is InChI=1S/C23H18Cl2N2O2S/c1-27(15-10-6-3-7-11-15)20-16-12-13-17-19(18(16)29-22(28)23(20,24)25)30-21(26-17)14-8-4-2-5-9-14/h2-11,20H,12-13H2,1H3. The maximum Gasteiger partial charge on any atom is 0.350 e. The minimum Gasteiger partial charge on any atom is -0.423 e. The topological polar surface area (TPSA) is 42.4 Å². The summed E-state index contributed by atoms with van der Waals surface area (Å²) >= 11 is 14.7. The predicted octanol–water partition coefficient (Wildman–Crippen LogP) is 5.70. The van der Waals surface area contributed by atoms with Gasteiger partial charge in [0, 0.05) is 23.9 Å². The highest BCUT2D eigenvalue weighted by atomic mass is 35.5. The van der Waals surface area contributed by atoms with Crippen LogP contribution in [0.4, 0.5) is 5.69 Å². The third kappa shape index (κ3) is 3.13. The quantitative estimate of drug-likeness (QED) is 0.374. The number of alkyl halides is 2.